The molecule has 0 unspecified atom stereocenters. The van der Waals surface area contributed by atoms with Gasteiger partial charge in [0.25, 0.3) is 0 Å². The first-order chi connectivity index (χ1) is 10.3. The van der Waals surface area contributed by atoms with E-state index in [0.29, 0.717) is 0 Å². The van der Waals surface area contributed by atoms with E-state index in [1.54, 1.807) is 18.5 Å². The Bertz CT molecular complexity index is 687. The molecule has 0 bridgehead atoms. The molecular weight excluding hydrogens is 280 g/mol. The maximum atomic E-state index is 13.4. The van der Waals surface area contributed by atoms with E-state index in [9.17, 15) is 4.39 Å². The highest BCUT2D eigenvalue weighted by Gasteiger charge is 2.51. The van der Waals surface area contributed by atoms with Crippen LogP contribution in [0.25, 0.3) is 11.1 Å². The molecule has 1 aromatic carbocycles. The lowest BCUT2D eigenvalue weighted by atomic mass is 9.79. The Morgan fingerprint density at radius 2 is 1.64 bits per heavy atom. The van der Waals surface area contributed by atoms with Gasteiger partial charge in [-0.1, -0.05) is 18.2 Å². The Balaban J connectivity index is 1.93. The van der Waals surface area contributed by atoms with E-state index in [4.69, 9.17) is 9.31 Å². The number of halogens is 1. The fourth-order valence-corrected chi connectivity index (χ4v) is 2.39. The summed E-state index contributed by atoms with van der Waals surface area (Å²) in [7, 11) is -0.467. The van der Waals surface area contributed by atoms with Crippen LogP contribution in [0.2, 0.25) is 0 Å². The van der Waals surface area contributed by atoms with Crippen LogP contribution in [0.5, 0.6) is 0 Å². The Labute approximate surface area is 130 Å². The standard InChI is InChI=1S/C17H19BFNO2/c1-16(2)17(3,4)22-18(21-16)14-8-13(10-20-11-14)12-6-5-7-15(19)9-12/h5-11H,1-4H3. The minimum atomic E-state index is -0.467. The summed E-state index contributed by atoms with van der Waals surface area (Å²) in [5, 5.41) is 0. The summed E-state index contributed by atoms with van der Waals surface area (Å²) in [6, 6.07) is 8.39. The van der Waals surface area contributed by atoms with Crippen LogP contribution >= 0.6 is 0 Å². The van der Waals surface area contributed by atoms with Crippen molar-refractivity contribution in [1.29, 1.82) is 0 Å². The second kappa shape index (κ2) is 5.18. The molecule has 3 rings (SSSR count). The van der Waals surface area contributed by atoms with Gasteiger partial charge in [0.1, 0.15) is 5.82 Å². The van der Waals surface area contributed by atoms with Crippen LogP contribution in [0.15, 0.2) is 42.7 Å². The molecule has 0 radical (unpaired) electrons. The number of rotatable bonds is 2. The summed E-state index contributed by atoms with van der Waals surface area (Å²) < 4.78 is 25.4. The van der Waals surface area contributed by atoms with Crippen molar-refractivity contribution in [2.75, 3.05) is 0 Å². The van der Waals surface area contributed by atoms with Crippen molar-refractivity contribution in [1.82, 2.24) is 4.98 Å². The Kier molecular flexibility index (Phi) is 3.58. The third-order valence-electron chi connectivity index (χ3n) is 4.44. The SMILES string of the molecule is CC1(C)OB(c2cncc(-c3cccc(F)c3)c2)OC1(C)C. The van der Waals surface area contributed by atoms with Gasteiger partial charge in [0.05, 0.1) is 11.2 Å². The fourth-order valence-electron chi connectivity index (χ4n) is 2.39. The summed E-state index contributed by atoms with van der Waals surface area (Å²) >= 11 is 0. The second-order valence-electron chi connectivity index (χ2n) is 6.61. The topological polar surface area (TPSA) is 31.4 Å². The van der Waals surface area contributed by atoms with E-state index >= 15 is 0 Å². The van der Waals surface area contributed by atoms with Crippen molar-refractivity contribution in [3.05, 3.63) is 48.5 Å². The molecule has 0 saturated carbocycles. The van der Waals surface area contributed by atoms with E-state index in [2.05, 4.69) is 4.98 Å². The number of benzene rings is 1. The molecule has 0 spiro atoms. The minimum absolute atomic E-state index is 0.265. The third-order valence-corrected chi connectivity index (χ3v) is 4.44. The quantitative estimate of drug-likeness (QED) is 0.798. The molecule has 1 saturated heterocycles. The molecule has 0 amide bonds. The van der Waals surface area contributed by atoms with Crippen molar-refractivity contribution in [2.45, 2.75) is 38.9 Å². The number of pyridine rings is 1. The Morgan fingerprint density at radius 3 is 2.27 bits per heavy atom. The lowest BCUT2D eigenvalue weighted by Crippen LogP contribution is -2.41. The molecule has 0 N–H and O–H groups in total. The van der Waals surface area contributed by atoms with Gasteiger partial charge in [-0.2, -0.15) is 0 Å². The molecule has 2 heterocycles. The van der Waals surface area contributed by atoms with Crippen LogP contribution in [0.1, 0.15) is 27.7 Å². The van der Waals surface area contributed by atoms with E-state index in [1.165, 1.54) is 12.1 Å². The van der Waals surface area contributed by atoms with Gasteiger partial charge in [0, 0.05) is 17.9 Å². The Hall–Kier alpha value is -1.72. The van der Waals surface area contributed by atoms with Crippen LogP contribution in [-0.2, 0) is 9.31 Å². The van der Waals surface area contributed by atoms with Crippen molar-refractivity contribution in [3.8, 4) is 11.1 Å². The molecule has 1 fully saturated rings. The zero-order chi connectivity index (χ0) is 16.0. The fraction of sp³-hybridized carbons (Fsp3) is 0.353. The van der Waals surface area contributed by atoms with Gasteiger partial charge in [0.2, 0.25) is 0 Å². The number of aromatic nitrogens is 1. The lowest BCUT2D eigenvalue weighted by Gasteiger charge is -2.32. The molecule has 5 heteroatoms. The second-order valence-corrected chi connectivity index (χ2v) is 6.61. The molecule has 22 heavy (non-hydrogen) atoms. The van der Waals surface area contributed by atoms with Crippen molar-refractivity contribution in [2.24, 2.45) is 0 Å². The number of nitrogens with zero attached hydrogens (tertiary/aromatic N) is 1. The monoisotopic (exact) mass is 299 g/mol. The molecule has 2 aromatic rings. The van der Waals surface area contributed by atoms with Crippen LogP contribution in [0.4, 0.5) is 4.39 Å². The molecule has 0 aliphatic carbocycles. The first kappa shape index (κ1) is 15.2. The zero-order valence-electron chi connectivity index (χ0n) is 13.3. The van der Waals surface area contributed by atoms with Gasteiger partial charge in [-0.05, 0) is 51.0 Å². The van der Waals surface area contributed by atoms with Crippen LogP contribution in [-0.4, -0.2) is 23.3 Å². The van der Waals surface area contributed by atoms with Crippen molar-refractivity contribution < 1.29 is 13.7 Å². The molecule has 1 aliphatic rings. The zero-order valence-corrected chi connectivity index (χ0v) is 13.3. The number of hydrogen-bond acceptors (Lipinski definition) is 3. The normalized spacial score (nSPS) is 19.4. The Morgan fingerprint density at radius 1 is 0.955 bits per heavy atom. The highest BCUT2D eigenvalue weighted by Crippen LogP contribution is 2.36. The summed E-state index contributed by atoms with van der Waals surface area (Å²) in [5.74, 6) is -0.265. The highest BCUT2D eigenvalue weighted by molar-refractivity contribution is 6.62. The van der Waals surface area contributed by atoms with Gasteiger partial charge in [-0.25, -0.2) is 4.39 Å². The molecular formula is C17H19BFNO2. The van der Waals surface area contributed by atoms with Gasteiger partial charge >= 0.3 is 7.12 Å². The summed E-state index contributed by atoms with van der Waals surface area (Å²) in [4.78, 5) is 4.25. The van der Waals surface area contributed by atoms with E-state index in [0.717, 1.165) is 16.6 Å². The van der Waals surface area contributed by atoms with Gasteiger partial charge < -0.3 is 9.31 Å². The first-order valence-corrected chi connectivity index (χ1v) is 7.35. The summed E-state index contributed by atoms with van der Waals surface area (Å²) in [6.07, 6.45) is 3.44. The van der Waals surface area contributed by atoms with Gasteiger partial charge in [-0.3, -0.25) is 4.98 Å². The van der Waals surface area contributed by atoms with Crippen molar-refractivity contribution >= 4 is 12.6 Å². The summed E-state index contributed by atoms with van der Waals surface area (Å²) in [6.45, 7) is 8.04. The highest BCUT2D eigenvalue weighted by atomic mass is 19.1. The first-order valence-electron chi connectivity index (χ1n) is 7.35. The maximum Gasteiger partial charge on any atom is 0.496 e. The van der Waals surface area contributed by atoms with E-state index in [1.807, 2.05) is 39.8 Å². The van der Waals surface area contributed by atoms with E-state index < -0.39 is 18.3 Å². The van der Waals surface area contributed by atoms with Gasteiger partial charge in [-0.15, -0.1) is 0 Å². The van der Waals surface area contributed by atoms with Crippen molar-refractivity contribution in [3.63, 3.8) is 0 Å². The molecule has 1 aromatic heterocycles. The molecule has 114 valence electrons. The van der Waals surface area contributed by atoms with Crippen LogP contribution in [0, 0.1) is 5.82 Å². The number of hydrogen-bond donors (Lipinski definition) is 0. The lowest BCUT2D eigenvalue weighted by molar-refractivity contribution is 0.00578. The van der Waals surface area contributed by atoms with Gasteiger partial charge in [0.15, 0.2) is 0 Å². The smallest absolute Gasteiger partial charge is 0.399 e. The maximum absolute atomic E-state index is 13.4. The molecule has 1 aliphatic heterocycles. The molecule has 0 atom stereocenters. The minimum Gasteiger partial charge on any atom is -0.399 e. The predicted molar refractivity (Wildman–Crippen MR) is 85.3 cm³/mol. The summed E-state index contributed by atoms with van der Waals surface area (Å²) in [5.41, 5.74) is 1.66. The van der Waals surface area contributed by atoms with E-state index in [-0.39, 0.29) is 5.82 Å². The van der Waals surface area contributed by atoms with Crippen LogP contribution < -0.4 is 5.46 Å². The third kappa shape index (κ3) is 2.66. The van der Waals surface area contributed by atoms with Crippen LogP contribution in [0.3, 0.4) is 0 Å². The molecule has 3 nitrogen and oxygen atoms in total. The average Bonchev–Trinajstić information content (AvgIpc) is 2.68. The average molecular weight is 299 g/mol. The predicted octanol–water partition coefficient (Wildman–Crippen LogP) is 3.19. The largest absolute Gasteiger partial charge is 0.496 e.